The predicted octanol–water partition coefficient (Wildman–Crippen LogP) is 0.924. The van der Waals surface area contributed by atoms with E-state index in [-0.39, 0.29) is 24.7 Å². The van der Waals surface area contributed by atoms with Gasteiger partial charge in [0.2, 0.25) is 0 Å². The summed E-state index contributed by atoms with van der Waals surface area (Å²) in [5.74, 6) is 1.22. The summed E-state index contributed by atoms with van der Waals surface area (Å²) >= 11 is 0. The number of fused-ring (bicyclic) bond motifs is 1. The van der Waals surface area contributed by atoms with Crippen LogP contribution in [-0.2, 0) is 6.61 Å². The molecule has 1 amide bonds. The third-order valence-electron chi connectivity index (χ3n) is 5.79. The van der Waals surface area contributed by atoms with Crippen LogP contribution in [0.5, 0.6) is 0 Å². The maximum Gasteiger partial charge on any atom is 0.251 e. The summed E-state index contributed by atoms with van der Waals surface area (Å²) in [6.07, 6.45) is 3.43. The lowest BCUT2D eigenvalue weighted by Crippen LogP contribution is -2.52. The van der Waals surface area contributed by atoms with Crippen LogP contribution in [-0.4, -0.2) is 51.3 Å². The number of hydrogen-bond donors (Lipinski definition) is 5. The van der Waals surface area contributed by atoms with E-state index in [9.17, 15) is 15.0 Å². The number of aliphatic hydroxyl groups is 2. The number of aromatic amines is 1. The average molecular weight is 358 g/mol. The molecule has 2 heterocycles. The molecule has 1 aromatic carbocycles. The summed E-state index contributed by atoms with van der Waals surface area (Å²) in [6.45, 7) is 1.81. The maximum absolute atomic E-state index is 12.9. The standard InChI is InChI=1S/C19H26N4O3/c24-10-17-21-15-2-1-12(9-16(15)22-17)19(26)23-18(13-7-14(25)8-13)11-3-5-20-6-4-11/h1-2,9,11,13-14,18,20,24-25H,3-8,10H2,(H,21,22)(H,23,26)/t13?,14?,18-/m0/s1. The number of amides is 1. The van der Waals surface area contributed by atoms with Crippen molar-refractivity contribution in [2.24, 2.45) is 11.8 Å². The molecule has 2 aliphatic rings. The fourth-order valence-corrected chi connectivity index (χ4v) is 4.26. The van der Waals surface area contributed by atoms with E-state index in [4.69, 9.17) is 0 Å². The number of carbonyl (C=O) groups excluding carboxylic acids is 1. The Labute approximate surface area is 152 Å². The Balaban J connectivity index is 1.51. The fourth-order valence-electron chi connectivity index (χ4n) is 4.26. The van der Waals surface area contributed by atoms with Crippen molar-refractivity contribution < 1.29 is 15.0 Å². The summed E-state index contributed by atoms with van der Waals surface area (Å²) in [5.41, 5.74) is 2.08. The number of hydrogen-bond acceptors (Lipinski definition) is 5. The van der Waals surface area contributed by atoms with Crippen LogP contribution in [0, 0.1) is 11.8 Å². The molecule has 2 aromatic rings. The number of imidazole rings is 1. The number of nitrogens with one attached hydrogen (secondary N) is 3. The van der Waals surface area contributed by atoms with Crippen molar-refractivity contribution in [1.82, 2.24) is 20.6 Å². The van der Waals surface area contributed by atoms with Gasteiger partial charge in [-0.3, -0.25) is 4.79 Å². The molecule has 7 heteroatoms. The van der Waals surface area contributed by atoms with Crippen molar-refractivity contribution in [1.29, 1.82) is 0 Å². The molecule has 0 radical (unpaired) electrons. The van der Waals surface area contributed by atoms with Crippen molar-refractivity contribution in [2.75, 3.05) is 13.1 Å². The summed E-state index contributed by atoms with van der Waals surface area (Å²) in [6, 6.07) is 5.46. The van der Waals surface area contributed by atoms with E-state index in [1.807, 2.05) is 0 Å². The minimum absolute atomic E-state index is 0.0861. The van der Waals surface area contributed by atoms with Gasteiger partial charge in [-0.1, -0.05) is 0 Å². The number of carbonyl (C=O) groups is 1. The quantitative estimate of drug-likeness (QED) is 0.546. The summed E-state index contributed by atoms with van der Waals surface area (Å²) < 4.78 is 0. The molecule has 0 spiro atoms. The lowest BCUT2D eigenvalue weighted by atomic mass is 9.71. The largest absolute Gasteiger partial charge is 0.393 e. The molecule has 0 bridgehead atoms. The molecule has 2 fully saturated rings. The van der Waals surface area contributed by atoms with Crippen molar-refractivity contribution in [3.63, 3.8) is 0 Å². The Hall–Kier alpha value is -1.96. The van der Waals surface area contributed by atoms with Gasteiger partial charge in [0.1, 0.15) is 12.4 Å². The third kappa shape index (κ3) is 3.47. The molecule has 1 aliphatic carbocycles. The van der Waals surface area contributed by atoms with E-state index < -0.39 is 0 Å². The first-order valence-corrected chi connectivity index (χ1v) is 9.43. The number of benzene rings is 1. The molecule has 26 heavy (non-hydrogen) atoms. The molecule has 1 saturated carbocycles. The van der Waals surface area contributed by atoms with Crippen LogP contribution in [0.15, 0.2) is 18.2 Å². The first kappa shape index (κ1) is 17.5. The van der Waals surface area contributed by atoms with Gasteiger partial charge < -0.3 is 25.8 Å². The molecule has 1 atom stereocenters. The number of aliphatic hydroxyl groups excluding tert-OH is 2. The maximum atomic E-state index is 12.9. The Morgan fingerprint density at radius 3 is 2.73 bits per heavy atom. The molecule has 7 nitrogen and oxygen atoms in total. The highest BCUT2D eigenvalue weighted by atomic mass is 16.3. The second-order valence-corrected chi connectivity index (χ2v) is 7.55. The van der Waals surface area contributed by atoms with Crippen LogP contribution >= 0.6 is 0 Å². The van der Waals surface area contributed by atoms with Crippen LogP contribution < -0.4 is 10.6 Å². The normalized spacial score (nSPS) is 25.0. The zero-order chi connectivity index (χ0) is 18.1. The first-order chi connectivity index (χ1) is 12.6. The smallest absolute Gasteiger partial charge is 0.251 e. The topological polar surface area (TPSA) is 110 Å². The van der Waals surface area contributed by atoms with Crippen LogP contribution in [0.2, 0.25) is 0 Å². The first-order valence-electron chi connectivity index (χ1n) is 9.43. The number of piperidine rings is 1. The highest BCUT2D eigenvalue weighted by Gasteiger charge is 2.39. The molecule has 140 valence electrons. The molecule has 1 saturated heterocycles. The molecular weight excluding hydrogens is 332 g/mol. The van der Waals surface area contributed by atoms with Crippen molar-refractivity contribution >= 4 is 16.9 Å². The minimum Gasteiger partial charge on any atom is -0.393 e. The Morgan fingerprint density at radius 2 is 2.04 bits per heavy atom. The molecular formula is C19H26N4O3. The van der Waals surface area contributed by atoms with Crippen molar-refractivity contribution in [2.45, 2.75) is 44.4 Å². The van der Waals surface area contributed by atoms with E-state index in [0.717, 1.165) is 49.8 Å². The third-order valence-corrected chi connectivity index (χ3v) is 5.79. The Kier molecular flexibility index (Phi) is 4.93. The van der Waals surface area contributed by atoms with Gasteiger partial charge in [0.15, 0.2) is 0 Å². The summed E-state index contributed by atoms with van der Waals surface area (Å²) in [4.78, 5) is 20.1. The average Bonchev–Trinajstić information content (AvgIpc) is 3.06. The van der Waals surface area contributed by atoms with Crippen LogP contribution in [0.4, 0.5) is 0 Å². The number of rotatable bonds is 5. The van der Waals surface area contributed by atoms with Crippen LogP contribution in [0.25, 0.3) is 11.0 Å². The lowest BCUT2D eigenvalue weighted by Gasteiger charge is -2.43. The van der Waals surface area contributed by atoms with E-state index in [2.05, 4.69) is 20.6 Å². The fraction of sp³-hybridized carbons (Fsp3) is 0.579. The van der Waals surface area contributed by atoms with Gasteiger partial charge in [-0.15, -0.1) is 0 Å². The van der Waals surface area contributed by atoms with Crippen molar-refractivity contribution in [3.05, 3.63) is 29.6 Å². The van der Waals surface area contributed by atoms with Gasteiger partial charge in [0, 0.05) is 11.6 Å². The second-order valence-electron chi connectivity index (χ2n) is 7.55. The minimum atomic E-state index is -0.223. The molecule has 0 unspecified atom stereocenters. The highest BCUT2D eigenvalue weighted by molar-refractivity contribution is 5.97. The van der Waals surface area contributed by atoms with E-state index >= 15 is 0 Å². The van der Waals surface area contributed by atoms with Gasteiger partial charge >= 0.3 is 0 Å². The number of nitrogens with zero attached hydrogens (tertiary/aromatic N) is 1. The highest BCUT2D eigenvalue weighted by Crippen LogP contribution is 2.36. The van der Waals surface area contributed by atoms with Crippen LogP contribution in [0.3, 0.4) is 0 Å². The van der Waals surface area contributed by atoms with Gasteiger partial charge in [0.25, 0.3) is 5.91 Å². The van der Waals surface area contributed by atoms with Gasteiger partial charge in [0.05, 0.1) is 17.1 Å². The van der Waals surface area contributed by atoms with E-state index in [1.54, 1.807) is 18.2 Å². The Bertz CT molecular complexity index is 778. The summed E-state index contributed by atoms with van der Waals surface area (Å²) in [7, 11) is 0. The zero-order valence-electron chi connectivity index (χ0n) is 14.7. The molecule has 4 rings (SSSR count). The second kappa shape index (κ2) is 7.34. The monoisotopic (exact) mass is 358 g/mol. The summed E-state index contributed by atoms with van der Waals surface area (Å²) in [5, 5.41) is 25.5. The lowest BCUT2D eigenvalue weighted by molar-refractivity contribution is 0.00919. The number of aromatic nitrogens is 2. The number of H-pyrrole nitrogens is 1. The molecule has 5 N–H and O–H groups in total. The molecule has 1 aliphatic heterocycles. The van der Waals surface area contributed by atoms with E-state index in [0.29, 0.717) is 23.2 Å². The predicted molar refractivity (Wildman–Crippen MR) is 97.6 cm³/mol. The van der Waals surface area contributed by atoms with Crippen molar-refractivity contribution in [3.8, 4) is 0 Å². The van der Waals surface area contributed by atoms with Gasteiger partial charge in [-0.25, -0.2) is 4.98 Å². The van der Waals surface area contributed by atoms with Gasteiger partial charge in [-0.05, 0) is 68.8 Å². The van der Waals surface area contributed by atoms with Gasteiger partial charge in [-0.2, -0.15) is 0 Å². The Morgan fingerprint density at radius 1 is 1.27 bits per heavy atom. The zero-order valence-corrected chi connectivity index (χ0v) is 14.7. The van der Waals surface area contributed by atoms with E-state index in [1.165, 1.54) is 0 Å². The molecule has 1 aromatic heterocycles. The van der Waals surface area contributed by atoms with Crippen LogP contribution in [0.1, 0.15) is 41.9 Å². The SMILES string of the molecule is O=C(N[C@@H](C1CCNCC1)C1CC(O)C1)c1ccc2nc(CO)[nH]c2c1.